The Hall–Kier alpha value is -3.87. The van der Waals surface area contributed by atoms with Gasteiger partial charge < -0.3 is 19.7 Å². The smallest absolute Gasteiger partial charge is 0.265 e. The second kappa shape index (κ2) is 8.87. The van der Waals surface area contributed by atoms with Gasteiger partial charge in [0.2, 0.25) is 0 Å². The second-order valence-corrected chi connectivity index (χ2v) is 7.14. The van der Waals surface area contributed by atoms with Gasteiger partial charge in [0.25, 0.3) is 11.8 Å². The predicted molar refractivity (Wildman–Crippen MR) is 115 cm³/mol. The number of hydrogen-bond acceptors (Lipinski definition) is 4. The average molecular weight is 420 g/mol. The van der Waals surface area contributed by atoms with Crippen LogP contribution in [0, 0.1) is 12.7 Å². The number of carbonyl (C=O) groups is 2. The van der Waals surface area contributed by atoms with Crippen molar-refractivity contribution in [1.82, 2.24) is 0 Å². The van der Waals surface area contributed by atoms with E-state index < -0.39 is 11.7 Å². The van der Waals surface area contributed by atoms with Crippen LogP contribution in [0.3, 0.4) is 0 Å². The molecule has 0 aliphatic carbocycles. The van der Waals surface area contributed by atoms with Crippen molar-refractivity contribution in [2.24, 2.45) is 0 Å². The van der Waals surface area contributed by atoms with Gasteiger partial charge in [0.05, 0.1) is 12.2 Å². The molecule has 6 nitrogen and oxygen atoms in total. The summed E-state index contributed by atoms with van der Waals surface area (Å²) in [4.78, 5) is 26.5. The molecule has 3 aromatic rings. The van der Waals surface area contributed by atoms with Crippen LogP contribution in [0.2, 0.25) is 0 Å². The second-order valence-electron chi connectivity index (χ2n) is 7.14. The molecule has 0 aromatic heterocycles. The lowest BCUT2D eigenvalue weighted by molar-refractivity contribution is -0.121. The lowest BCUT2D eigenvalue weighted by atomic mass is 10.1. The fourth-order valence-corrected chi connectivity index (χ4v) is 3.25. The van der Waals surface area contributed by atoms with Crippen LogP contribution in [-0.2, 0) is 4.79 Å². The van der Waals surface area contributed by atoms with E-state index in [1.165, 1.54) is 18.2 Å². The molecular formula is C24H21FN2O4. The molecule has 2 amide bonds. The third-order valence-electron chi connectivity index (χ3n) is 4.85. The number of ether oxygens (including phenoxy) is 2. The van der Waals surface area contributed by atoms with Crippen molar-refractivity contribution in [2.75, 3.05) is 30.0 Å². The molecule has 0 saturated carbocycles. The van der Waals surface area contributed by atoms with Crippen molar-refractivity contribution >= 4 is 23.2 Å². The Bertz CT molecular complexity index is 1110. The molecule has 0 fully saturated rings. The van der Waals surface area contributed by atoms with Crippen molar-refractivity contribution in [1.29, 1.82) is 0 Å². The van der Waals surface area contributed by atoms with Gasteiger partial charge in [-0.15, -0.1) is 0 Å². The number of rotatable bonds is 6. The number of hydrogen-bond donors (Lipinski definition) is 1. The molecule has 4 rings (SSSR count). The number of halogens is 1. The van der Waals surface area contributed by atoms with Crippen LogP contribution in [0.4, 0.5) is 15.8 Å². The maximum Gasteiger partial charge on any atom is 0.265 e. The molecule has 1 aliphatic rings. The number of amides is 2. The maximum atomic E-state index is 13.4. The SMILES string of the molecule is Cc1ccc(OCCN2C(=O)COc3ccc(NC(=O)c4cccc(F)c4)cc32)cc1. The zero-order valence-corrected chi connectivity index (χ0v) is 16.9. The van der Waals surface area contributed by atoms with Crippen LogP contribution in [-0.4, -0.2) is 31.6 Å². The summed E-state index contributed by atoms with van der Waals surface area (Å²) < 4.78 is 24.7. The number of benzene rings is 3. The van der Waals surface area contributed by atoms with Gasteiger partial charge in [-0.05, 0) is 55.5 Å². The summed E-state index contributed by atoms with van der Waals surface area (Å²) in [6.07, 6.45) is 0. The van der Waals surface area contributed by atoms with Gasteiger partial charge in [-0.1, -0.05) is 23.8 Å². The lowest BCUT2D eigenvalue weighted by Crippen LogP contribution is -2.41. The molecule has 0 unspecified atom stereocenters. The number of carbonyl (C=O) groups excluding carboxylic acids is 2. The summed E-state index contributed by atoms with van der Waals surface area (Å²) in [6, 6.07) is 18.1. The molecule has 3 aromatic carbocycles. The van der Waals surface area contributed by atoms with Crippen molar-refractivity contribution in [3.05, 3.63) is 83.7 Å². The Morgan fingerprint density at radius 3 is 2.71 bits per heavy atom. The first-order chi connectivity index (χ1) is 15.0. The van der Waals surface area contributed by atoms with Crippen LogP contribution in [0.25, 0.3) is 0 Å². The Morgan fingerprint density at radius 2 is 1.94 bits per heavy atom. The summed E-state index contributed by atoms with van der Waals surface area (Å²) in [5.41, 5.74) is 2.35. The molecule has 0 spiro atoms. The van der Waals surface area contributed by atoms with Crippen molar-refractivity contribution in [2.45, 2.75) is 6.92 Å². The Kier molecular flexibility index (Phi) is 5.84. The quantitative estimate of drug-likeness (QED) is 0.649. The van der Waals surface area contributed by atoms with Gasteiger partial charge in [-0.2, -0.15) is 0 Å². The van der Waals surface area contributed by atoms with Crippen LogP contribution in [0.15, 0.2) is 66.7 Å². The van der Waals surface area contributed by atoms with E-state index >= 15 is 0 Å². The summed E-state index contributed by atoms with van der Waals surface area (Å²) in [5.74, 6) is 0.128. The van der Waals surface area contributed by atoms with E-state index in [2.05, 4.69) is 5.32 Å². The van der Waals surface area contributed by atoms with Gasteiger partial charge in [0, 0.05) is 11.3 Å². The third-order valence-corrected chi connectivity index (χ3v) is 4.85. The molecule has 158 valence electrons. The van der Waals surface area contributed by atoms with E-state index in [0.717, 1.165) is 17.4 Å². The molecular weight excluding hydrogens is 399 g/mol. The number of fused-ring (bicyclic) bond motifs is 1. The number of nitrogens with zero attached hydrogens (tertiary/aromatic N) is 1. The molecule has 7 heteroatoms. The van der Waals surface area contributed by atoms with E-state index in [1.807, 2.05) is 31.2 Å². The monoisotopic (exact) mass is 420 g/mol. The summed E-state index contributed by atoms with van der Waals surface area (Å²) >= 11 is 0. The minimum Gasteiger partial charge on any atom is -0.492 e. The van der Waals surface area contributed by atoms with Crippen molar-refractivity contribution < 1.29 is 23.5 Å². The highest BCUT2D eigenvalue weighted by molar-refractivity contribution is 6.05. The highest BCUT2D eigenvalue weighted by Gasteiger charge is 2.26. The summed E-state index contributed by atoms with van der Waals surface area (Å²) in [6.45, 7) is 2.56. The minimum atomic E-state index is -0.489. The van der Waals surface area contributed by atoms with Gasteiger partial charge in [-0.3, -0.25) is 9.59 Å². The Morgan fingerprint density at radius 1 is 1.13 bits per heavy atom. The standard InChI is InChI=1S/C24H21FN2O4/c1-16-5-8-20(9-6-16)30-12-11-27-21-14-19(7-10-22(21)31-15-23(27)28)26-24(29)17-3-2-4-18(25)13-17/h2-10,13-14H,11-12,15H2,1H3,(H,26,29). The van der Waals surface area contributed by atoms with Gasteiger partial charge in [0.1, 0.15) is 23.9 Å². The summed E-state index contributed by atoms with van der Waals surface area (Å²) in [7, 11) is 0. The third kappa shape index (κ3) is 4.83. The normalized spacial score (nSPS) is 12.7. The molecule has 0 bridgehead atoms. The van der Waals surface area contributed by atoms with Gasteiger partial charge in [-0.25, -0.2) is 4.39 Å². The largest absolute Gasteiger partial charge is 0.492 e. The van der Waals surface area contributed by atoms with E-state index in [9.17, 15) is 14.0 Å². The van der Waals surface area contributed by atoms with Gasteiger partial charge >= 0.3 is 0 Å². The number of anilines is 2. The van der Waals surface area contributed by atoms with Crippen LogP contribution in [0.5, 0.6) is 11.5 Å². The predicted octanol–water partition coefficient (Wildman–Crippen LogP) is 4.19. The number of aryl methyl sites for hydroxylation is 1. The fraction of sp³-hybridized carbons (Fsp3) is 0.167. The zero-order chi connectivity index (χ0) is 21.8. The first kappa shape index (κ1) is 20.4. The van der Waals surface area contributed by atoms with Crippen LogP contribution < -0.4 is 19.7 Å². The molecule has 0 saturated heterocycles. The van der Waals surface area contributed by atoms with E-state index in [4.69, 9.17) is 9.47 Å². The average Bonchev–Trinajstić information content (AvgIpc) is 2.76. The summed E-state index contributed by atoms with van der Waals surface area (Å²) in [5, 5.41) is 2.73. The van der Waals surface area contributed by atoms with E-state index in [0.29, 0.717) is 30.3 Å². The van der Waals surface area contributed by atoms with Crippen molar-refractivity contribution in [3.63, 3.8) is 0 Å². The Balaban J connectivity index is 1.47. The van der Waals surface area contributed by atoms with E-state index in [1.54, 1.807) is 23.1 Å². The van der Waals surface area contributed by atoms with Crippen LogP contribution >= 0.6 is 0 Å². The highest BCUT2D eigenvalue weighted by atomic mass is 19.1. The van der Waals surface area contributed by atoms with Crippen molar-refractivity contribution in [3.8, 4) is 11.5 Å². The number of nitrogens with one attached hydrogen (secondary N) is 1. The topological polar surface area (TPSA) is 67.9 Å². The lowest BCUT2D eigenvalue weighted by Gasteiger charge is -2.29. The van der Waals surface area contributed by atoms with Gasteiger partial charge in [0.15, 0.2) is 6.61 Å². The fourth-order valence-electron chi connectivity index (χ4n) is 3.25. The molecule has 0 radical (unpaired) electrons. The molecule has 1 aliphatic heterocycles. The molecule has 0 atom stereocenters. The maximum absolute atomic E-state index is 13.4. The van der Waals surface area contributed by atoms with E-state index in [-0.39, 0.29) is 18.1 Å². The molecule has 1 heterocycles. The zero-order valence-electron chi connectivity index (χ0n) is 16.9. The minimum absolute atomic E-state index is 0.0630. The molecule has 31 heavy (non-hydrogen) atoms. The molecule has 1 N–H and O–H groups in total. The first-order valence-electron chi connectivity index (χ1n) is 9.83. The first-order valence-corrected chi connectivity index (χ1v) is 9.83. The highest BCUT2D eigenvalue weighted by Crippen LogP contribution is 2.34. The van der Waals surface area contributed by atoms with Crippen LogP contribution in [0.1, 0.15) is 15.9 Å². The Labute approximate surface area is 179 Å².